The zero-order valence-electron chi connectivity index (χ0n) is 34.4. The van der Waals surface area contributed by atoms with Crippen LogP contribution in [0.25, 0.3) is 36.7 Å². The van der Waals surface area contributed by atoms with E-state index < -0.39 is 8.07 Å². The van der Waals surface area contributed by atoms with Gasteiger partial charge in [-0.2, -0.15) is 23.8 Å². The van der Waals surface area contributed by atoms with Gasteiger partial charge in [0, 0.05) is 22.3 Å². The number of benzene rings is 5. The second-order valence-electron chi connectivity index (χ2n) is 17.2. The first-order valence-corrected chi connectivity index (χ1v) is 24.9. The predicted octanol–water partition coefficient (Wildman–Crippen LogP) is 15.1. The van der Waals surface area contributed by atoms with Crippen molar-refractivity contribution in [3.8, 4) is 11.3 Å². The van der Waals surface area contributed by atoms with Gasteiger partial charge in [0.1, 0.15) is 0 Å². The van der Waals surface area contributed by atoms with Crippen molar-refractivity contribution in [2.24, 2.45) is 0 Å². The number of thiophene rings is 1. The largest absolute Gasteiger partial charge is 3.00 e. The average Bonchev–Trinajstić information content (AvgIpc) is 3.79. The third-order valence-electron chi connectivity index (χ3n) is 11.6. The van der Waals surface area contributed by atoms with Crippen molar-refractivity contribution in [3.63, 3.8) is 0 Å². The first kappa shape index (κ1) is 41.1. The molecule has 5 aromatic carbocycles. The molecule has 0 spiro atoms. The van der Waals surface area contributed by atoms with Gasteiger partial charge in [0.25, 0.3) is 0 Å². The van der Waals surface area contributed by atoms with Crippen LogP contribution in [0.4, 0.5) is 17.1 Å². The van der Waals surface area contributed by atoms with Crippen molar-refractivity contribution in [3.05, 3.63) is 155 Å². The standard InChI is InChI=1S/C31H28N2S.C20H26NSi.Ir/c1-19(2)22-11-9-12-23(20(3)4)30(22)33-27-14-7-6-13-26(27)32-31(33)21-16-17-29-25(18-21)24-10-5-8-15-28(24)34-29;1-22(2,3)20-15-21-19(17-12-8-5-9-13-17)14-18(20)16-10-6-4-7-11-16;/h5-15,17-20,31H,1-4H3;5,8-9,12,14-16H,4,6-7,10-11H2,1-3H3;/q-2;-1;+3. The molecule has 1 fully saturated rings. The Morgan fingerprint density at radius 3 is 2.16 bits per heavy atom. The zero-order valence-corrected chi connectivity index (χ0v) is 38.6. The first-order valence-electron chi connectivity index (χ1n) is 20.6. The quantitative estimate of drug-likeness (QED) is 0.118. The molecule has 3 nitrogen and oxygen atoms in total. The Morgan fingerprint density at radius 2 is 1.46 bits per heavy atom. The number of hydrogen-bond acceptors (Lipinski definition) is 3. The van der Waals surface area contributed by atoms with Crippen LogP contribution in [0.2, 0.25) is 19.6 Å². The minimum atomic E-state index is -1.36. The number of anilines is 2. The summed E-state index contributed by atoms with van der Waals surface area (Å²) in [6.45, 7) is 16.4. The molecule has 0 saturated heterocycles. The summed E-state index contributed by atoms with van der Waals surface area (Å²) in [6.07, 6.45) is 8.89. The molecule has 2 aromatic heterocycles. The van der Waals surface area contributed by atoms with Gasteiger partial charge in [-0.15, -0.1) is 47.0 Å². The molecular weight excluding hydrogens is 907 g/mol. The van der Waals surface area contributed by atoms with Crippen molar-refractivity contribution in [1.82, 2.24) is 4.98 Å². The van der Waals surface area contributed by atoms with E-state index >= 15 is 0 Å². The summed E-state index contributed by atoms with van der Waals surface area (Å²) < 4.78 is 2.59. The SMILES string of the molecule is CC(C)c1cccc(C(C)C)c1N1c2ccccc2[N-]C1c1[c-]cc2sc3ccccc3c2c1.C[Si](C)(C)c1cnc(-c2[c-]cccc2)cc1C1CCCCC1.[Ir+3]. The van der Waals surface area contributed by atoms with Crippen LogP contribution < -0.4 is 10.1 Å². The Kier molecular flexibility index (Phi) is 12.6. The number of aromatic nitrogens is 1. The van der Waals surface area contributed by atoms with E-state index in [0.717, 1.165) is 28.4 Å². The number of hydrogen-bond donors (Lipinski definition) is 0. The van der Waals surface area contributed by atoms with Gasteiger partial charge in [0.05, 0.1) is 8.07 Å². The molecule has 1 aliphatic carbocycles. The van der Waals surface area contributed by atoms with Crippen LogP contribution in [-0.2, 0) is 20.1 Å². The molecule has 0 amide bonds. The minimum Gasteiger partial charge on any atom is -0.661 e. The molecule has 1 aliphatic heterocycles. The molecule has 1 atom stereocenters. The van der Waals surface area contributed by atoms with E-state index in [-0.39, 0.29) is 26.3 Å². The molecule has 7 aromatic rings. The van der Waals surface area contributed by atoms with Gasteiger partial charge in [0.15, 0.2) is 0 Å². The Morgan fingerprint density at radius 1 is 0.754 bits per heavy atom. The molecule has 1 saturated carbocycles. The van der Waals surface area contributed by atoms with E-state index in [9.17, 15) is 0 Å². The molecule has 0 N–H and O–H groups in total. The number of fused-ring (bicyclic) bond motifs is 4. The monoisotopic (exact) mass is 961 g/mol. The Hall–Kier alpha value is -4.06. The third kappa shape index (κ3) is 8.43. The van der Waals surface area contributed by atoms with Crippen molar-refractivity contribution in [1.29, 1.82) is 0 Å². The normalized spacial score (nSPS) is 15.7. The van der Waals surface area contributed by atoms with Crippen LogP contribution in [0.3, 0.4) is 0 Å². The second-order valence-corrected chi connectivity index (χ2v) is 23.4. The Labute approximate surface area is 359 Å². The zero-order chi connectivity index (χ0) is 39.0. The van der Waals surface area contributed by atoms with Crippen LogP contribution in [0.5, 0.6) is 0 Å². The molecule has 3 heterocycles. The second kappa shape index (κ2) is 17.4. The molecule has 57 heavy (non-hydrogen) atoms. The van der Waals surface area contributed by atoms with E-state index in [4.69, 9.17) is 10.3 Å². The summed E-state index contributed by atoms with van der Waals surface area (Å²) in [5.74, 6) is 1.56. The Balaban J connectivity index is 0.000000188. The smallest absolute Gasteiger partial charge is 0.661 e. The summed E-state index contributed by atoms with van der Waals surface area (Å²) in [5, 5.41) is 9.41. The van der Waals surface area contributed by atoms with E-state index in [1.165, 1.54) is 74.8 Å². The van der Waals surface area contributed by atoms with Gasteiger partial charge in [0.2, 0.25) is 0 Å². The molecular formula is C51H54IrN3SSi. The van der Waals surface area contributed by atoms with E-state index in [1.54, 1.807) is 10.8 Å². The van der Waals surface area contributed by atoms with Crippen molar-refractivity contribution in [2.75, 3.05) is 4.90 Å². The number of nitrogens with zero attached hydrogens (tertiary/aromatic N) is 3. The summed E-state index contributed by atoms with van der Waals surface area (Å²) in [4.78, 5) is 7.24. The van der Waals surface area contributed by atoms with Crippen LogP contribution >= 0.6 is 11.3 Å². The fraction of sp³-hybridized carbons (Fsp3) is 0.314. The van der Waals surface area contributed by atoms with E-state index in [1.807, 2.05) is 23.5 Å². The summed E-state index contributed by atoms with van der Waals surface area (Å²) in [7, 11) is -1.36. The van der Waals surface area contributed by atoms with Gasteiger partial charge in [-0.25, -0.2) is 11.3 Å². The van der Waals surface area contributed by atoms with Crippen LogP contribution in [-0.4, -0.2) is 13.1 Å². The summed E-state index contributed by atoms with van der Waals surface area (Å²) in [5.41, 5.74) is 11.1. The maximum absolute atomic E-state index is 5.25. The van der Waals surface area contributed by atoms with Gasteiger partial charge in [-0.1, -0.05) is 138 Å². The summed E-state index contributed by atoms with van der Waals surface area (Å²) in [6, 6.07) is 45.9. The number of para-hydroxylation sites is 3. The van der Waals surface area contributed by atoms with E-state index in [0.29, 0.717) is 11.8 Å². The summed E-state index contributed by atoms with van der Waals surface area (Å²) >= 11 is 1.83. The van der Waals surface area contributed by atoms with Crippen molar-refractivity contribution >= 4 is 61.8 Å². The van der Waals surface area contributed by atoms with Gasteiger partial charge < -0.3 is 15.2 Å². The fourth-order valence-corrected chi connectivity index (χ4v) is 11.4. The maximum atomic E-state index is 5.25. The van der Waals surface area contributed by atoms with Gasteiger partial charge >= 0.3 is 20.1 Å². The molecule has 2 aliphatic rings. The molecule has 6 heteroatoms. The number of rotatable bonds is 7. The van der Waals surface area contributed by atoms with Crippen molar-refractivity contribution < 1.29 is 20.1 Å². The minimum absolute atomic E-state index is 0. The maximum Gasteiger partial charge on any atom is 3.00 e. The van der Waals surface area contributed by atoms with Gasteiger partial charge in [-0.3, -0.25) is 0 Å². The van der Waals surface area contributed by atoms with Crippen LogP contribution in [0.1, 0.15) is 106 Å². The van der Waals surface area contributed by atoms with Crippen molar-refractivity contribution in [2.45, 2.75) is 103 Å². The molecule has 292 valence electrons. The third-order valence-corrected chi connectivity index (χ3v) is 14.8. The molecule has 1 unspecified atom stereocenters. The van der Waals surface area contributed by atoms with E-state index in [2.05, 4.69) is 168 Å². The average molecular weight is 961 g/mol. The predicted molar refractivity (Wildman–Crippen MR) is 244 cm³/mol. The molecule has 0 radical (unpaired) electrons. The van der Waals surface area contributed by atoms with Crippen LogP contribution in [0, 0.1) is 12.1 Å². The molecule has 9 rings (SSSR count). The van der Waals surface area contributed by atoms with Gasteiger partial charge in [-0.05, 0) is 76.3 Å². The first-order chi connectivity index (χ1) is 27.1. The molecule has 0 bridgehead atoms. The van der Waals surface area contributed by atoms with Crippen LogP contribution in [0.15, 0.2) is 115 Å². The number of pyridine rings is 1. The fourth-order valence-electron chi connectivity index (χ4n) is 8.72. The topological polar surface area (TPSA) is 30.2 Å². The Bertz CT molecular complexity index is 2430.